The Kier molecular flexibility index (Phi) is 19.9. The average Bonchev–Trinajstić information content (AvgIpc) is 3.86. The first-order valence-corrected chi connectivity index (χ1v) is 22.6. The van der Waals surface area contributed by atoms with Gasteiger partial charge >= 0.3 is 17.9 Å². The summed E-state index contributed by atoms with van der Waals surface area (Å²) in [6.07, 6.45) is 3.01. The summed E-state index contributed by atoms with van der Waals surface area (Å²) in [5, 5.41) is 8.87. The Morgan fingerprint density at radius 3 is 2.06 bits per heavy atom. The van der Waals surface area contributed by atoms with Gasteiger partial charge in [-0.3, -0.25) is 24.0 Å². The zero-order valence-electron chi connectivity index (χ0n) is 38.7. The highest BCUT2D eigenvalue weighted by Crippen LogP contribution is 2.30. The molecule has 3 atom stereocenters. The number of hydrogen-bond acceptors (Lipinski definition) is 12. The number of nitrogens with one attached hydrogen (secondary N) is 3. The Bertz CT molecular complexity index is 2470. The Labute approximate surface area is 395 Å². The summed E-state index contributed by atoms with van der Waals surface area (Å²) in [6, 6.07) is 30.2. The Morgan fingerprint density at radius 1 is 0.735 bits per heavy atom. The minimum absolute atomic E-state index is 0.0272. The predicted molar refractivity (Wildman–Crippen MR) is 250 cm³/mol. The zero-order valence-corrected chi connectivity index (χ0v) is 38.7. The molecule has 0 fully saturated rings. The molecule has 4 aromatic carbocycles. The van der Waals surface area contributed by atoms with Crippen LogP contribution in [0.15, 0.2) is 120 Å². The van der Waals surface area contributed by atoms with Crippen molar-refractivity contribution in [2.45, 2.75) is 91.5 Å². The van der Waals surface area contributed by atoms with E-state index in [0.29, 0.717) is 47.9 Å². The monoisotopic (exact) mass is 930 g/mol. The number of hydroxylamine groups is 2. The van der Waals surface area contributed by atoms with E-state index in [9.17, 15) is 33.6 Å². The largest absolute Gasteiger partial charge is 0.493 e. The van der Waals surface area contributed by atoms with Crippen molar-refractivity contribution in [2.24, 2.45) is 5.92 Å². The average molecular weight is 931 g/mol. The number of aryl methyl sites for hydroxylation is 1. The lowest BCUT2D eigenvalue weighted by molar-refractivity contribution is -0.171. The summed E-state index contributed by atoms with van der Waals surface area (Å²) >= 11 is 0. The quantitative estimate of drug-likeness (QED) is 0.0161. The van der Waals surface area contributed by atoms with Gasteiger partial charge in [-0.1, -0.05) is 118 Å². The molecule has 68 heavy (non-hydrogen) atoms. The van der Waals surface area contributed by atoms with Crippen LogP contribution in [-0.2, 0) is 46.7 Å². The van der Waals surface area contributed by atoms with Gasteiger partial charge in [0.05, 0.1) is 42.8 Å². The van der Waals surface area contributed by atoms with Gasteiger partial charge in [-0.15, -0.1) is 0 Å². The number of hydrogen-bond donors (Lipinski definition) is 3. The molecule has 0 radical (unpaired) electrons. The molecule has 0 spiro atoms. The minimum Gasteiger partial charge on any atom is -0.493 e. The van der Waals surface area contributed by atoms with Crippen molar-refractivity contribution in [3.05, 3.63) is 149 Å². The molecular weight excluding hydrogens is 873 g/mol. The van der Waals surface area contributed by atoms with Crippen LogP contribution in [-0.4, -0.2) is 72.5 Å². The van der Waals surface area contributed by atoms with Crippen LogP contribution in [0.3, 0.4) is 0 Å². The number of furan rings is 1. The molecule has 0 saturated carbocycles. The SMILES string of the molecule is CCCCC[C@@H](C(=O)NCNC(=O)c1ccc(-c2ccc(C(=O)NC(CC(=O)OCc3ccccc3)C(=O)OCc3ccccc3)c(OCC)c2)o1)[C@@H](CC)N(C=O)OC(=O)c1ccccc1C. The first-order valence-electron chi connectivity index (χ1n) is 22.6. The molecule has 16 heteroatoms. The van der Waals surface area contributed by atoms with E-state index < -0.39 is 60.1 Å². The molecule has 1 heterocycles. The summed E-state index contributed by atoms with van der Waals surface area (Å²) in [4.78, 5) is 97.9. The number of ether oxygens (including phenoxy) is 3. The van der Waals surface area contributed by atoms with Gasteiger partial charge in [-0.2, -0.15) is 5.06 Å². The van der Waals surface area contributed by atoms with Crippen LogP contribution in [0.25, 0.3) is 11.3 Å². The summed E-state index contributed by atoms with van der Waals surface area (Å²) < 4.78 is 22.6. The van der Waals surface area contributed by atoms with Gasteiger partial charge in [0, 0.05) is 5.56 Å². The molecule has 4 amide bonds. The number of carbonyl (C=O) groups is 7. The Balaban J connectivity index is 1.23. The fourth-order valence-corrected chi connectivity index (χ4v) is 7.27. The topological polar surface area (TPSA) is 209 Å². The normalized spacial score (nSPS) is 12.1. The molecule has 0 aliphatic heterocycles. The van der Waals surface area contributed by atoms with Crippen molar-refractivity contribution < 1.29 is 57.0 Å². The minimum atomic E-state index is -1.40. The number of nitrogens with zero attached hydrogens (tertiary/aromatic N) is 1. The van der Waals surface area contributed by atoms with E-state index in [0.717, 1.165) is 23.5 Å². The van der Waals surface area contributed by atoms with Crippen molar-refractivity contribution in [3.8, 4) is 17.1 Å². The lowest BCUT2D eigenvalue weighted by Crippen LogP contribution is -2.49. The molecule has 1 unspecified atom stereocenters. The number of carbonyl (C=O) groups excluding carboxylic acids is 7. The Hall–Kier alpha value is -7.75. The smallest absolute Gasteiger partial charge is 0.363 e. The zero-order chi connectivity index (χ0) is 48.8. The third-order valence-electron chi connectivity index (χ3n) is 10.9. The predicted octanol–water partition coefficient (Wildman–Crippen LogP) is 7.64. The first-order chi connectivity index (χ1) is 33.0. The summed E-state index contributed by atoms with van der Waals surface area (Å²) in [7, 11) is 0. The van der Waals surface area contributed by atoms with Gasteiger partial charge in [-0.25, -0.2) is 9.59 Å². The number of amides is 4. The third-order valence-corrected chi connectivity index (χ3v) is 10.9. The number of rotatable bonds is 26. The molecule has 3 N–H and O–H groups in total. The lowest BCUT2D eigenvalue weighted by Gasteiger charge is -2.32. The summed E-state index contributed by atoms with van der Waals surface area (Å²) in [6.45, 7) is 7.07. The van der Waals surface area contributed by atoms with Gasteiger partial charge in [0.2, 0.25) is 12.3 Å². The fraction of sp³-hybridized carbons (Fsp3) is 0.327. The van der Waals surface area contributed by atoms with E-state index in [4.69, 9.17) is 23.5 Å². The highest BCUT2D eigenvalue weighted by atomic mass is 16.7. The van der Waals surface area contributed by atoms with E-state index in [1.54, 1.807) is 112 Å². The second kappa shape index (κ2) is 26.4. The summed E-state index contributed by atoms with van der Waals surface area (Å²) in [5.41, 5.74) is 2.92. The van der Waals surface area contributed by atoms with Crippen LogP contribution in [0.2, 0.25) is 0 Å². The molecule has 0 bridgehead atoms. The highest BCUT2D eigenvalue weighted by molar-refractivity contribution is 6.00. The van der Waals surface area contributed by atoms with Gasteiger partial charge < -0.3 is 39.4 Å². The standard InChI is InChI=1S/C52H58N4O12/c1-5-8-11-24-40(43(6-2)56(34-57)68-51(62)39-23-17-16-18-35(39)4)48(59)53-33-54-50(61)45-28-27-44(67-45)38-25-26-41(46(29-38)64-7-3)49(60)55-42(52(63)66-32-37-21-14-10-15-22-37)30-47(58)65-31-36-19-12-9-13-20-36/h9-10,12-23,25-29,34,40,42-43H,5-8,11,24,30-33H2,1-4H3,(H,53,59)(H,54,61)(H,55,60)/t40-,42?,43-/m1/s1. The van der Waals surface area contributed by atoms with Gasteiger partial charge in [0.15, 0.2) is 5.76 Å². The number of unbranched alkanes of at least 4 members (excludes halogenated alkanes) is 2. The molecule has 5 aromatic rings. The maximum atomic E-state index is 13.8. The van der Waals surface area contributed by atoms with Crippen LogP contribution < -0.4 is 20.7 Å². The van der Waals surface area contributed by atoms with Gasteiger partial charge in [0.1, 0.15) is 30.8 Å². The van der Waals surface area contributed by atoms with Crippen LogP contribution in [0.5, 0.6) is 5.75 Å². The molecule has 0 saturated heterocycles. The first kappa shape index (κ1) is 51.2. The second-order valence-electron chi connectivity index (χ2n) is 15.7. The molecular formula is C52H58N4O12. The van der Waals surface area contributed by atoms with Crippen molar-refractivity contribution in [1.82, 2.24) is 21.0 Å². The number of esters is 2. The van der Waals surface area contributed by atoms with E-state index in [1.807, 2.05) is 19.1 Å². The molecule has 16 nitrogen and oxygen atoms in total. The molecule has 0 aliphatic carbocycles. The van der Waals surface area contributed by atoms with Crippen LogP contribution >= 0.6 is 0 Å². The lowest BCUT2D eigenvalue weighted by atomic mass is 9.90. The maximum absolute atomic E-state index is 13.8. The maximum Gasteiger partial charge on any atom is 0.363 e. The number of benzene rings is 4. The second-order valence-corrected chi connectivity index (χ2v) is 15.7. The van der Waals surface area contributed by atoms with Crippen molar-refractivity contribution >= 4 is 42.0 Å². The summed E-state index contributed by atoms with van der Waals surface area (Å²) in [5.74, 6) is -4.55. The molecule has 1 aromatic heterocycles. The van der Waals surface area contributed by atoms with Gasteiger partial charge in [0.25, 0.3) is 11.8 Å². The van der Waals surface area contributed by atoms with Crippen molar-refractivity contribution in [2.75, 3.05) is 13.3 Å². The fourth-order valence-electron chi connectivity index (χ4n) is 7.27. The van der Waals surface area contributed by atoms with E-state index in [1.165, 1.54) is 12.1 Å². The van der Waals surface area contributed by atoms with Crippen molar-refractivity contribution in [1.29, 1.82) is 0 Å². The molecule has 358 valence electrons. The van der Waals surface area contributed by atoms with E-state index >= 15 is 0 Å². The van der Waals surface area contributed by atoms with Crippen LogP contribution in [0.1, 0.15) is 107 Å². The van der Waals surface area contributed by atoms with Crippen molar-refractivity contribution in [3.63, 3.8) is 0 Å². The van der Waals surface area contributed by atoms with E-state index in [-0.39, 0.29) is 49.3 Å². The Morgan fingerprint density at radius 2 is 1.41 bits per heavy atom. The van der Waals surface area contributed by atoms with Crippen LogP contribution in [0.4, 0.5) is 0 Å². The molecule has 5 rings (SSSR count). The van der Waals surface area contributed by atoms with Gasteiger partial charge in [-0.05, 0) is 73.7 Å². The van der Waals surface area contributed by atoms with Crippen LogP contribution in [0, 0.1) is 12.8 Å². The highest BCUT2D eigenvalue weighted by Gasteiger charge is 2.34. The van der Waals surface area contributed by atoms with E-state index in [2.05, 4.69) is 16.0 Å². The molecule has 0 aliphatic rings. The third kappa shape index (κ3) is 14.9.